The van der Waals surface area contributed by atoms with Gasteiger partial charge in [0.25, 0.3) is 0 Å². The zero-order valence-electron chi connectivity index (χ0n) is 7.33. The van der Waals surface area contributed by atoms with Crippen LogP contribution in [-0.2, 0) is 14.3 Å². The molecule has 4 nitrogen and oxygen atoms in total. The van der Waals surface area contributed by atoms with Crippen LogP contribution in [-0.4, -0.2) is 36.8 Å². The van der Waals surface area contributed by atoms with Gasteiger partial charge in [-0.2, -0.15) is 0 Å². The van der Waals surface area contributed by atoms with Crippen LogP contribution >= 0.6 is 0 Å². The number of ketones is 1. The molecule has 1 aliphatic rings. The number of aliphatic hydroxyl groups is 1. The van der Waals surface area contributed by atoms with Crippen molar-refractivity contribution >= 4 is 5.78 Å². The predicted molar refractivity (Wildman–Crippen MR) is 41.5 cm³/mol. The first-order valence-corrected chi connectivity index (χ1v) is 3.59. The lowest BCUT2D eigenvalue weighted by molar-refractivity contribution is -0.140. The SMILES string of the molecule is COC1=CC(OC)C(C)(O)C1=O. The van der Waals surface area contributed by atoms with Crippen LogP contribution in [0, 0.1) is 0 Å². The van der Waals surface area contributed by atoms with Gasteiger partial charge in [0.05, 0.1) is 7.11 Å². The molecule has 0 aromatic rings. The number of ether oxygens (including phenoxy) is 2. The highest BCUT2D eigenvalue weighted by atomic mass is 16.5. The third-order valence-corrected chi connectivity index (χ3v) is 2.01. The van der Waals surface area contributed by atoms with E-state index in [9.17, 15) is 9.90 Å². The van der Waals surface area contributed by atoms with Gasteiger partial charge in [-0.1, -0.05) is 0 Å². The molecule has 0 aromatic heterocycles. The average molecular weight is 172 g/mol. The largest absolute Gasteiger partial charge is 0.493 e. The zero-order chi connectivity index (χ0) is 9.35. The lowest BCUT2D eigenvalue weighted by Gasteiger charge is -2.21. The molecular weight excluding hydrogens is 160 g/mol. The summed E-state index contributed by atoms with van der Waals surface area (Å²) in [7, 11) is 2.82. The van der Waals surface area contributed by atoms with Gasteiger partial charge in [0.1, 0.15) is 6.10 Å². The van der Waals surface area contributed by atoms with E-state index in [1.54, 1.807) is 0 Å². The van der Waals surface area contributed by atoms with Crippen molar-refractivity contribution in [3.05, 3.63) is 11.8 Å². The van der Waals surface area contributed by atoms with Crippen LogP contribution in [0.5, 0.6) is 0 Å². The summed E-state index contributed by atoms with van der Waals surface area (Å²) in [6.07, 6.45) is 0.863. The van der Waals surface area contributed by atoms with Crippen LogP contribution in [0.4, 0.5) is 0 Å². The molecule has 0 radical (unpaired) electrons. The second kappa shape index (κ2) is 2.88. The van der Waals surface area contributed by atoms with Crippen molar-refractivity contribution in [2.75, 3.05) is 14.2 Å². The van der Waals surface area contributed by atoms with E-state index in [-0.39, 0.29) is 5.76 Å². The summed E-state index contributed by atoms with van der Waals surface area (Å²) < 4.78 is 9.66. The summed E-state index contributed by atoms with van der Waals surface area (Å²) >= 11 is 0. The molecule has 0 heterocycles. The van der Waals surface area contributed by atoms with Crippen molar-refractivity contribution in [2.45, 2.75) is 18.6 Å². The summed E-state index contributed by atoms with van der Waals surface area (Å²) in [4.78, 5) is 11.3. The maximum atomic E-state index is 11.3. The molecule has 0 saturated carbocycles. The Morgan fingerprint density at radius 3 is 2.42 bits per heavy atom. The Balaban J connectivity index is 2.93. The zero-order valence-corrected chi connectivity index (χ0v) is 7.33. The Labute approximate surface area is 70.8 Å². The van der Waals surface area contributed by atoms with E-state index in [1.165, 1.54) is 27.2 Å². The van der Waals surface area contributed by atoms with Crippen molar-refractivity contribution in [1.29, 1.82) is 0 Å². The van der Waals surface area contributed by atoms with Gasteiger partial charge in [-0.25, -0.2) is 0 Å². The number of carbonyl (C=O) groups excluding carboxylic acids is 1. The smallest absolute Gasteiger partial charge is 0.231 e. The van der Waals surface area contributed by atoms with Gasteiger partial charge in [0.2, 0.25) is 5.78 Å². The summed E-state index contributed by atoms with van der Waals surface area (Å²) in [5.74, 6) is -0.274. The lowest BCUT2D eigenvalue weighted by atomic mass is 10.0. The first kappa shape index (κ1) is 9.22. The van der Waals surface area contributed by atoms with E-state index in [2.05, 4.69) is 0 Å². The number of methoxy groups -OCH3 is 2. The van der Waals surface area contributed by atoms with E-state index in [0.717, 1.165) is 0 Å². The minimum atomic E-state index is -1.49. The fourth-order valence-electron chi connectivity index (χ4n) is 1.21. The van der Waals surface area contributed by atoms with Gasteiger partial charge in [0.15, 0.2) is 11.4 Å². The molecule has 0 fully saturated rings. The molecule has 0 aliphatic heterocycles. The average Bonchev–Trinajstić information content (AvgIpc) is 2.25. The molecule has 0 bridgehead atoms. The van der Waals surface area contributed by atoms with Crippen LogP contribution in [0.2, 0.25) is 0 Å². The van der Waals surface area contributed by atoms with Crippen LogP contribution in [0.15, 0.2) is 11.8 Å². The summed E-state index contributed by atoms with van der Waals surface area (Å²) in [6.45, 7) is 1.41. The molecule has 0 aromatic carbocycles. The van der Waals surface area contributed by atoms with Crippen molar-refractivity contribution in [3.8, 4) is 0 Å². The molecular formula is C8H12O4. The maximum absolute atomic E-state index is 11.3. The third-order valence-electron chi connectivity index (χ3n) is 2.01. The molecule has 1 aliphatic carbocycles. The molecule has 0 spiro atoms. The highest BCUT2D eigenvalue weighted by Gasteiger charge is 2.46. The Morgan fingerprint density at radius 1 is 1.58 bits per heavy atom. The first-order valence-electron chi connectivity index (χ1n) is 3.59. The van der Waals surface area contributed by atoms with Crippen molar-refractivity contribution in [3.63, 3.8) is 0 Å². The fraction of sp³-hybridized carbons (Fsp3) is 0.625. The van der Waals surface area contributed by atoms with Gasteiger partial charge in [-0.05, 0) is 13.0 Å². The Hall–Kier alpha value is -0.870. The topological polar surface area (TPSA) is 55.8 Å². The van der Waals surface area contributed by atoms with Gasteiger partial charge in [-0.15, -0.1) is 0 Å². The van der Waals surface area contributed by atoms with E-state index in [4.69, 9.17) is 9.47 Å². The summed E-state index contributed by atoms with van der Waals surface area (Å²) in [5.41, 5.74) is -1.49. The molecule has 12 heavy (non-hydrogen) atoms. The number of Topliss-reactive ketones (excluding diaryl/α,β-unsaturated/α-hetero) is 1. The van der Waals surface area contributed by atoms with E-state index in [0.29, 0.717) is 0 Å². The second-order valence-corrected chi connectivity index (χ2v) is 2.87. The molecule has 1 rings (SSSR count). The van der Waals surface area contributed by atoms with Crippen molar-refractivity contribution in [2.24, 2.45) is 0 Å². The van der Waals surface area contributed by atoms with Crippen molar-refractivity contribution in [1.82, 2.24) is 0 Å². The lowest BCUT2D eigenvalue weighted by Crippen LogP contribution is -2.42. The molecule has 2 unspecified atom stereocenters. The van der Waals surface area contributed by atoms with E-state index < -0.39 is 17.5 Å². The van der Waals surface area contributed by atoms with Gasteiger partial charge in [0, 0.05) is 7.11 Å². The highest BCUT2D eigenvalue weighted by Crippen LogP contribution is 2.27. The number of rotatable bonds is 2. The molecule has 68 valence electrons. The Morgan fingerprint density at radius 2 is 2.17 bits per heavy atom. The molecule has 2 atom stereocenters. The molecule has 0 amide bonds. The van der Waals surface area contributed by atoms with Gasteiger partial charge in [-0.3, -0.25) is 4.79 Å². The quantitative estimate of drug-likeness (QED) is 0.630. The summed E-state index contributed by atoms with van der Waals surface area (Å²) in [5, 5.41) is 9.62. The van der Waals surface area contributed by atoms with Crippen LogP contribution in [0.25, 0.3) is 0 Å². The van der Waals surface area contributed by atoms with Gasteiger partial charge >= 0.3 is 0 Å². The Bertz CT molecular complexity index is 229. The minimum absolute atomic E-state index is 0.159. The Kier molecular flexibility index (Phi) is 2.21. The number of carbonyl (C=O) groups is 1. The van der Waals surface area contributed by atoms with E-state index in [1.807, 2.05) is 0 Å². The predicted octanol–water partition coefficient (Wildman–Crippen LogP) is -0.135. The third kappa shape index (κ3) is 1.13. The fourth-order valence-corrected chi connectivity index (χ4v) is 1.21. The summed E-state index contributed by atoms with van der Waals surface area (Å²) in [6, 6.07) is 0. The molecule has 0 saturated heterocycles. The van der Waals surface area contributed by atoms with Crippen molar-refractivity contribution < 1.29 is 19.4 Å². The number of hydrogen-bond acceptors (Lipinski definition) is 4. The standard InChI is InChI=1S/C8H12O4/c1-8(10)6(12-3)4-5(11-2)7(8)9/h4,6,10H,1-3H3. The monoisotopic (exact) mass is 172 g/mol. The van der Waals surface area contributed by atoms with Crippen LogP contribution in [0.1, 0.15) is 6.92 Å². The normalized spacial score (nSPS) is 35.2. The first-order chi connectivity index (χ1) is 5.54. The molecule has 4 heteroatoms. The highest BCUT2D eigenvalue weighted by molar-refractivity contribution is 6.03. The molecule has 1 N–H and O–H groups in total. The maximum Gasteiger partial charge on any atom is 0.231 e. The van der Waals surface area contributed by atoms with Crippen LogP contribution in [0.3, 0.4) is 0 Å². The second-order valence-electron chi connectivity index (χ2n) is 2.87. The van der Waals surface area contributed by atoms with E-state index >= 15 is 0 Å². The minimum Gasteiger partial charge on any atom is -0.493 e. The van der Waals surface area contributed by atoms with Crippen LogP contribution < -0.4 is 0 Å². The number of hydrogen-bond donors (Lipinski definition) is 1. The van der Waals surface area contributed by atoms with Gasteiger partial charge < -0.3 is 14.6 Å².